The van der Waals surface area contributed by atoms with Crippen molar-refractivity contribution in [2.24, 2.45) is 5.73 Å². The number of carbonyl (C=O) groups excluding carboxylic acids is 1. The molecule has 0 aliphatic carbocycles. The molecular formula is C21H21IN2O3. The van der Waals surface area contributed by atoms with Gasteiger partial charge in [0.2, 0.25) is 0 Å². The molecule has 2 rings (SSSR count). The van der Waals surface area contributed by atoms with Gasteiger partial charge in [0.1, 0.15) is 18.2 Å². The molecule has 0 fully saturated rings. The highest BCUT2D eigenvalue weighted by molar-refractivity contribution is 14.1. The molecule has 2 aromatic rings. The van der Waals surface area contributed by atoms with Crippen molar-refractivity contribution in [3.63, 3.8) is 0 Å². The molecule has 0 atom stereocenters. The third-order valence-corrected chi connectivity index (χ3v) is 4.49. The lowest BCUT2D eigenvalue weighted by Gasteiger charge is -2.15. The molecule has 0 aliphatic rings. The quantitative estimate of drug-likeness (QED) is 0.367. The van der Waals surface area contributed by atoms with E-state index in [9.17, 15) is 4.79 Å². The van der Waals surface area contributed by atoms with Gasteiger partial charge in [-0.2, -0.15) is 5.26 Å². The minimum absolute atomic E-state index is 0.114. The predicted molar refractivity (Wildman–Crippen MR) is 113 cm³/mol. The highest BCUT2D eigenvalue weighted by Gasteiger charge is 2.13. The second-order valence-electron chi connectivity index (χ2n) is 6.08. The number of hydrogen-bond donors (Lipinski definition) is 1. The zero-order chi connectivity index (χ0) is 20.0. The number of nitrogens with two attached hydrogens (primary N) is 1. The smallest absolute Gasteiger partial charge is 0.259 e. The zero-order valence-electron chi connectivity index (χ0n) is 15.5. The number of halogens is 1. The van der Waals surface area contributed by atoms with Gasteiger partial charge in [0.05, 0.1) is 10.2 Å². The lowest BCUT2D eigenvalue weighted by atomic mass is 10.1. The van der Waals surface area contributed by atoms with Gasteiger partial charge in [-0.05, 0) is 72.7 Å². The van der Waals surface area contributed by atoms with Gasteiger partial charge in [-0.1, -0.05) is 29.3 Å². The van der Waals surface area contributed by atoms with E-state index in [2.05, 4.69) is 54.6 Å². The summed E-state index contributed by atoms with van der Waals surface area (Å²) in [7, 11) is 0. The molecule has 0 unspecified atom stereocenters. The van der Waals surface area contributed by atoms with E-state index in [1.54, 1.807) is 12.1 Å². The van der Waals surface area contributed by atoms with Crippen LogP contribution >= 0.6 is 22.6 Å². The normalized spacial score (nSPS) is 11.0. The maximum absolute atomic E-state index is 11.3. The van der Waals surface area contributed by atoms with E-state index in [1.807, 2.05) is 13.0 Å². The standard InChI is InChI=1S/C21H21IN2O3/c1-4-26-19-10-15(8-17(11-23)21(24)25)9-18(22)20(19)27-12-16-6-13(2)5-14(3)7-16/h5-10H,4,12H2,1-3H3,(H2,24,25)/b17-8+. The molecule has 2 N–H and O–H groups in total. The fourth-order valence-corrected chi connectivity index (χ4v) is 3.49. The molecule has 0 aromatic heterocycles. The summed E-state index contributed by atoms with van der Waals surface area (Å²) in [6.45, 7) is 6.87. The number of carbonyl (C=O) groups is 1. The van der Waals surface area contributed by atoms with E-state index in [0.29, 0.717) is 30.3 Å². The van der Waals surface area contributed by atoms with Crippen LogP contribution in [0.15, 0.2) is 35.9 Å². The molecule has 6 heteroatoms. The molecule has 0 spiro atoms. The Morgan fingerprint density at radius 1 is 1.19 bits per heavy atom. The highest BCUT2D eigenvalue weighted by atomic mass is 127. The molecule has 140 valence electrons. The van der Waals surface area contributed by atoms with Crippen LogP contribution < -0.4 is 15.2 Å². The number of rotatable bonds is 7. The lowest BCUT2D eigenvalue weighted by Crippen LogP contribution is -2.12. The number of benzene rings is 2. The molecule has 0 saturated carbocycles. The summed E-state index contributed by atoms with van der Waals surface area (Å²) in [5.74, 6) is 0.425. The molecule has 1 amide bonds. The Bertz CT molecular complexity index is 910. The van der Waals surface area contributed by atoms with Gasteiger partial charge < -0.3 is 15.2 Å². The summed E-state index contributed by atoms with van der Waals surface area (Å²) in [6, 6.07) is 11.7. The Morgan fingerprint density at radius 3 is 2.41 bits per heavy atom. The topological polar surface area (TPSA) is 85.3 Å². The zero-order valence-corrected chi connectivity index (χ0v) is 17.7. The minimum Gasteiger partial charge on any atom is -0.490 e. The predicted octanol–water partition coefficient (Wildman–Crippen LogP) is 4.28. The Kier molecular flexibility index (Phi) is 7.25. The van der Waals surface area contributed by atoms with Crippen molar-refractivity contribution in [1.82, 2.24) is 0 Å². The number of aryl methyl sites for hydroxylation is 2. The number of hydrogen-bond acceptors (Lipinski definition) is 4. The van der Waals surface area contributed by atoms with Crippen molar-refractivity contribution in [2.75, 3.05) is 6.61 Å². The number of amides is 1. The molecule has 0 saturated heterocycles. The first-order valence-electron chi connectivity index (χ1n) is 8.42. The molecule has 0 bridgehead atoms. The summed E-state index contributed by atoms with van der Waals surface area (Å²) < 4.78 is 12.6. The molecule has 2 aromatic carbocycles. The summed E-state index contributed by atoms with van der Waals surface area (Å²) in [5, 5.41) is 9.03. The summed E-state index contributed by atoms with van der Waals surface area (Å²) in [6.07, 6.45) is 1.45. The Labute approximate surface area is 172 Å². The summed E-state index contributed by atoms with van der Waals surface area (Å²) in [5.41, 5.74) is 9.19. The Balaban J connectivity index is 2.35. The average Bonchev–Trinajstić information content (AvgIpc) is 2.58. The second-order valence-corrected chi connectivity index (χ2v) is 7.24. The maximum atomic E-state index is 11.3. The monoisotopic (exact) mass is 476 g/mol. The molecule has 5 nitrogen and oxygen atoms in total. The van der Waals surface area contributed by atoms with Gasteiger partial charge in [-0.3, -0.25) is 4.79 Å². The van der Waals surface area contributed by atoms with Crippen LogP contribution in [0, 0.1) is 28.7 Å². The number of nitriles is 1. The number of ether oxygens (including phenoxy) is 2. The van der Waals surface area contributed by atoms with Crippen molar-refractivity contribution in [1.29, 1.82) is 5.26 Å². The van der Waals surface area contributed by atoms with Crippen molar-refractivity contribution in [2.45, 2.75) is 27.4 Å². The largest absolute Gasteiger partial charge is 0.490 e. The van der Waals surface area contributed by atoms with Crippen LogP contribution in [0.3, 0.4) is 0 Å². The lowest BCUT2D eigenvalue weighted by molar-refractivity contribution is -0.114. The molecular weight excluding hydrogens is 455 g/mol. The van der Waals surface area contributed by atoms with Crippen LogP contribution in [0.25, 0.3) is 6.08 Å². The average molecular weight is 476 g/mol. The third-order valence-electron chi connectivity index (χ3n) is 3.69. The summed E-state index contributed by atoms with van der Waals surface area (Å²) in [4.78, 5) is 11.3. The summed E-state index contributed by atoms with van der Waals surface area (Å²) >= 11 is 2.15. The van der Waals surface area contributed by atoms with Gasteiger partial charge in [0.15, 0.2) is 11.5 Å². The first-order valence-corrected chi connectivity index (χ1v) is 9.49. The van der Waals surface area contributed by atoms with Crippen LogP contribution in [0.2, 0.25) is 0 Å². The van der Waals surface area contributed by atoms with Crippen LogP contribution in [0.1, 0.15) is 29.2 Å². The van der Waals surface area contributed by atoms with Crippen LogP contribution in [0.5, 0.6) is 11.5 Å². The molecule has 0 aliphatic heterocycles. The third kappa shape index (κ3) is 5.73. The molecule has 0 heterocycles. The Hall–Kier alpha value is -2.53. The number of primary amides is 1. The first kappa shape index (κ1) is 20.8. The number of nitrogens with zero attached hydrogens (tertiary/aromatic N) is 1. The van der Waals surface area contributed by atoms with E-state index in [1.165, 1.54) is 17.2 Å². The SMILES string of the molecule is CCOc1cc(/C=C(\C#N)C(N)=O)cc(I)c1OCc1cc(C)cc(C)c1. The van der Waals surface area contributed by atoms with E-state index in [-0.39, 0.29) is 5.57 Å². The molecule has 27 heavy (non-hydrogen) atoms. The first-order chi connectivity index (χ1) is 12.8. The maximum Gasteiger partial charge on any atom is 0.259 e. The van der Waals surface area contributed by atoms with Gasteiger partial charge in [0, 0.05) is 0 Å². The fraction of sp³-hybridized carbons (Fsp3) is 0.238. The van der Waals surface area contributed by atoms with Crippen molar-refractivity contribution < 1.29 is 14.3 Å². The van der Waals surface area contributed by atoms with E-state index in [0.717, 1.165) is 9.13 Å². The fourth-order valence-electron chi connectivity index (χ4n) is 2.71. The van der Waals surface area contributed by atoms with Crippen LogP contribution in [-0.2, 0) is 11.4 Å². The van der Waals surface area contributed by atoms with Gasteiger partial charge in [-0.25, -0.2) is 0 Å². The van der Waals surface area contributed by atoms with Crippen LogP contribution in [0.4, 0.5) is 0 Å². The van der Waals surface area contributed by atoms with Crippen molar-refractivity contribution in [3.8, 4) is 17.6 Å². The van der Waals surface area contributed by atoms with Gasteiger partial charge in [-0.15, -0.1) is 0 Å². The molecule has 0 radical (unpaired) electrons. The van der Waals surface area contributed by atoms with Crippen molar-refractivity contribution >= 4 is 34.6 Å². The van der Waals surface area contributed by atoms with E-state index in [4.69, 9.17) is 20.5 Å². The van der Waals surface area contributed by atoms with Crippen molar-refractivity contribution in [3.05, 3.63) is 61.7 Å². The van der Waals surface area contributed by atoms with E-state index < -0.39 is 5.91 Å². The van der Waals surface area contributed by atoms with Gasteiger partial charge >= 0.3 is 0 Å². The van der Waals surface area contributed by atoms with E-state index >= 15 is 0 Å². The van der Waals surface area contributed by atoms with Crippen LogP contribution in [-0.4, -0.2) is 12.5 Å². The Morgan fingerprint density at radius 2 is 1.85 bits per heavy atom. The van der Waals surface area contributed by atoms with Gasteiger partial charge in [0.25, 0.3) is 5.91 Å². The second kappa shape index (κ2) is 9.42. The minimum atomic E-state index is -0.763. The highest BCUT2D eigenvalue weighted by Crippen LogP contribution is 2.35.